The van der Waals surface area contributed by atoms with Crippen LogP contribution in [-0.4, -0.2) is 37.2 Å². The van der Waals surface area contributed by atoms with Gasteiger partial charge in [0.1, 0.15) is 17.6 Å². The zero-order valence-corrected chi connectivity index (χ0v) is 19.1. The lowest BCUT2D eigenvalue weighted by Gasteiger charge is -2.26. The highest BCUT2D eigenvalue weighted by Gasteiger charge is 2.34. The summed E-state index contributed by atoms with van der Waals surface area (Å²) in [5, 5.41) is 11.5. The molecule has 0 saturated carbocycles. The summed E-state index contributed by atoms with van der Waals surface area (Å²) >= 11 is 11.5. The number of rotatable bonds is 6. The van der Waals surface area contributed by atoms with Crippen LogP contribution < -0.4 is 15.0 Å². The predicted molar refractivity (Wildman–Crippen MR) is 118 cm³/mol. The number of nitrogens with zero attached hydrogens (tertiary/aromatic N) is 2. The molecule has 0 unspecified atom stereocenters. The summed E-state index contributed by atoms with van der Waals surface area (Å²) in [4.78, 5) is 27.4. The Hall–Kier alpha value is -2.95. The van der Waals surface area contributed by atoms with Crippen molar-refractivity contribution in [1.29, 1.82) is 0 Å². The van der Waals surface area contributed by atoms with Gasteiger partial charge >= 0.3 is 0 Å². The van der Waals surface area contributed by atoms with Crippen LogP contribution in [0.5, 0.6) is 5.75 Å². The second-order valence-electron chi connectivity index (χ2n) is 7.08. The number of hydrogen-bond donors (Lipinski definition) is 2. The smallest absolute Gasteiger partial charge is 0.250 e. The molecule has 1 fully saturated rings. The Bertz CT molecular complexity index is 1140. The number of carbonyl (C=O) groups is 2. The maximum absolute atomic E-state index is 13.4. The van der Waals surface area contributed by atoms with E-state index in [2.05, 4.69) is 20.5 Å². The van der Waals surface area contributed by atoms with E-state index in [1.165, 1.54) is 12.1 Å². The van der Waals surface area contributed by atoms with E-state index in [1.807, 2.05) is 0 Å². The fraction of sp³-hybridized carbons (Fsp3) is 0.200. The molecule has 2 N–H and O–H groups in total. The molecule has 166 valence electrons. The van der Waals surface area contributed by atoms with Gasteiger partial charge in [0.25, 0.3) is 0 Å². The van der Waals surface area contributed by atoms with E-state index in [9.17, 15) is 14.0 Å². The molecule has 2 aromatic carbocycles. The van der Waals surface area contributed by atoms with Crippen LogP contribution in [0, 0.1) is 5.82 Å². The van der Waals surface area contributed by atoms with Crippen LogP contribution in [0.2, 0.25) is 16.1 Å². The Balaban J connectivity index is 1.29. The summed E-state index contributed by atoms with van der Waals surface area (Å²) < 4.78 is 24.4. The minimum Gasteiger partial charge on any atom is -0.484 e. The standard InChI is InChI=1S/C20H17Cl2FN4O4Si/c21-12-3-1-11(2-4-12)18-25-26-19(31-18)16-7-8-32(20(29)24-16)27-17(28)10-30-13-5-6-14(22)15(23)9-13/h1-6,9,16,32H,7-8,10H2,(H,24,29)(H,27,28)/t16-,32+/m1/s1. The Morgan fingerprint density at radius 1 is 1.25 bits per heavy atom. The zero-order chi connectivity index (χ0) is 22.7. The van der Waals surface area contributed by atoms with Gasteiger partial charge in [-0.05, 0) is 48.9 Å². The van der Waals surface area contributed by atoms with Crippen LogP contribution in [0.1, 0.15) is 18.4 Å². The Labute approximate surface area is 193 Å². The number of aromatic nitrogens is 2. The molecule has 1 aliphatic heterocycles. The molecule has 2 amide bonds. The van der Waals surface area contributed by atoms with E-state index in [1.54, 1.807) is 24.3 Å². The van der Waals surface area contributed by atoms with E-state index in [0.717, 1.165) is 11.6 Å². The number of nitrogens with one attached hydrogen (secondary N) is 2. The molecule has 0 aliphatic carbocycles. The normalized spacial score (nSPS) is 18.2. The van der Waals surface area contributed by atoms with Crippen molar-refractivity contribution >= 4 is 43.6 Å². The lowest BCUT2D eigenvalue weighted by Crippen LogP contribution is -2.55. The summed E-state index contributed by atoms with van der Waals surface area (Å²) in [6, 6.07) is 10.9. The van der Waals surface area contributed by atoms with Crippen LogP contribution in [0.15, 0.2) is 46.9 Å². The highest BCUT2D eigenvalue weighted by atomic mass is 35.5. The summed E-state index contributed by atoms with van der Waals surface area (Å²) in [5.74, 6) is -0.292. The largest absolute Gasteiger partial charge is 0.484 e. The van der Waals surface area contributed by atoms with Crippen LogP contribution >= 0.6 is 23.2 Å². The van der Waals surface area contributed by atoms with Gasteiger partial charge in [0.05, 0.1) is 5.02 Å². The van der Waals surface area contributed by atoms with Crippen molar-refractivity contribution in [3.8, 4) is 17.2 Å². The third kappa shape index (κ3) is 5.26. The third-order valence-corrected chi connectivity index (χ3v) is 7.74. The highest BCUT2D eigenvalue weighted by molar-refractivity contribution is 6.89. The van der Waals surface area contributed by atoms with Gasteiger partial charge < -0.3 is 19.5 Å². The van der Waals surface area contributed by atoms with Crippen molar-refractivity contribution in [2.75, 3.05) is 6.61 Å². The van der Waals surface area contributed by atoms with Gasteiger partial charge in [-0.15, -0.1) is 10.2 Å². The van der Waals surface area contributed by atoms with Crippen LogP contribution in [-0.2, 0) is 4.79 Å². The number of amides is 2. The van der Waals surface area contributed by atoms with Crippen LogP contribution in [0.25, 0.3) is 11.5 Å². The molecule has 2 atom stereocenters. The van der Waals surface area contributed by atoms with Crippen molar-refractivity contribution in [3.63, 3.8) is 0 Å². The summed E-state index contributed by atoms with van der Waals surface area (Å²) in [7, 11) is -2.27. The molecular weight excluding hydrogens is 478 g/mol. The number of hydrogen-bond acceptors (Lipinski definition) is 6. The minimum atomic E-state index is -2.27. The second-order valence-corrected chi connectivity index (χ2v) is 10.4. The Morgan fingerprint density at radius 3 is 2.75 bits per heavy atom. The molecule has 4 rings (SSSR count). The van der Waals surface area contributed by atoms with Crippen LogP contribution in [0.4, 0.5) is 9.18 Å². The predicted octanol–water partition coefficient (Wildman–Crippen LogP) is 3.84. The molecule has 0 radical (unpaired) electrons. The van der Waals surface area contributed by atoms with Crippen molar-refractivity contribution in [1.82, 2.24) is 20.5 Å². The summed E-state index contributed by atoms with van der Waals surface area (Å²) in [5.41, 5.74) is 0.480. The molecule has 0 spiro atoms. The molecular formula is C20H17Cl2FN4O4Si. The monoisotopic (exact) mass is 494 g/mol. The average Bonchev–Trinajstić information content (AvgIpc) is 3.27. The topological polar surface area (TPSA) is 106 Å². The summed E-state index contributed by atoms with van der Waals surface area (Å²) in [6.07, 6.45) is 0.550. The first-order valence-electron chi connectivity index (χ1n) is 9.66. The number of carbonyl (C=O) groups excluding carboxylic acids is 2. The first kappa shape index (κ1) is 22.2. The minimum absolute atomic E-state index is 0.0378. The average molecular weight is 495 g/mol. The van der Waals surface area contributed by atoms with Crippen molar-refractivity contribution < 1.29 is 23.1 Å². The Morgan fingerprint density at radius 2 is 2.03 bits per heavy atom. The van der Waals surface area contributed by atoms with Crippen LogP contribution in [0.3, 0.4) is 0 Å². The van der Waals surface area contributed by atoms with Gasteiger partial charge in [-0.2, -0.15) is 0 Å². The van der Waals surface area contributed by atoms with Gasteiger partial charge in [0.2, 0.25) is 32.2 Å². The Kier molecular flexibility index (Phi) is 6.73. The zero-order valence-electron chi connectivity index (χ0n) is 16.5. The molecule has 12 heteroatoms. The van der Waals surface area contributed by atoms with Crippen molar-refractivity contribution in [3.05, 3.63) is 64.2 Å². The van der Waals surface area contributed by atoms with E-state index < -0.39 is 26.7 Å². The number of benzene rings is 2. The fourth-order valence-corrected chi connectivity index (χ4v) is 5.49. The van der Waals surface area contributed by atoms with Gasteiger partial charge in [-0.25, -0.2) is 4.39 Å². The highest BCUT2D eigenvalue weighted by Crippen LogP contribution is 2.27. The number of halogens is 3. The molecule has 1 aromatic heterocycles. The lowest BCUT2D eigenvalue weighted by molar-refractivity contribution is -0.121. The van der Waals surface area contributed by atoms with Crippen molar-refractivity contribution in [2.45, 2.75) is 18.5 Å². The quantitative estimate of drug-likeness (QED) is 0.504. The maximum atomic E-state index is 13.4. The summed E-state index contributed by atoms with van der Waals surface area (Å²) in [6.45, 7) is -0.338. The molecule has 1 aliphatic rings. The lowest BCUT2D eigenvalue weighted by atomic mass is 10.2. The first-order valence-corrected chi connectivity index (χ1v) is 12.4. The van der Waals surface area contributed by atoms with Crippen molar-refractivity contribution in [2.24, 2.45) is 0 Å². The van der Waals surface area contributed by atoms with Gasteiger partial charge in [-0.3, -0.25) is 9.59 Å². The second kappa shape index (κ2) is 9.68. The van der Waals surface area contributed by atoms with E-state index in [0.29, 0.717) is 29.3 Å². The molecule has 8 nitrogen and oxygen atoms in total. The fourth-order valence-electron chi connectivity index (χ4n) is 3.17. The van der Waals surface area contributed by atoms with E-state index >= 15 is 0 Å². The number of ether oxygens (including phenoxy) is 1. The molecule has 0 bridgehead atoms. The molecule has 3 aromatic rings. The SMILES string of the molecule is O=C(COc1ccc(Cl)c(F)c1)N[Si@H]1CC[C@H](c2nnc(-c3ccc(Cl)cc3)o2)NC1=O. The molecule has 32 heavy (non-hydrogen) atoms. The van der Waals surface area contributed by atoms with Gasteiger partial charge in [-0.1, -0.05) is 23.2 Å². The van der Waals surface area contributed by atoms with E-state index in [-0.39, 0.29) is 22.9 Å². The maximum Gasteiger partial charge on any atom is 0.250 e. The molecule has 1 saturated heterocycles. The molecule has 2 heterocycles. The van der Waals surface area contributed by atoms with Gasteiger partial charge in [0.15, 0.2) is 6.61 Å². The van der Waals surface area contributed by atoms with Gasteiger partial charge in [0, 0.05) is 16.7 Å². The van der Waals surface area contributed by atoms with E-state index in [4.69, 9.17) is 32.4 Å². The third-order valence-electron chi connectivity index (χ3n) is 4.80. The first-order chi connectivity index (χ1) is 15.4.